The molecule has 0 unspecified atom stereocenters. The minimum absolute atomic E-state index is 0.0747. The first kappa shape index (κ1) is 15.1. The molecule has 7 heteroatoms. The first-order valence-corrected chi connectivity index (χ1v) is 7.56. The molecule has 0 saturated carbocycles. The van der Waals surface area contributed by atoms with E-state index in [0.29, 0.717) is 16.8 Å². The highest BCUT2D eigenvalue weighted by molar-refractivity contribution is 7.92. The van der Waals surface area contributed by atoms with Crippen LogP contribution in [0, 0.1) is 25.7 Å². The van der Waals surface area contributed by atoms with E-state index in [2.05, 4.69) is 21.5 Å². The Labute approximate surface area is 122 Å². The van der Waals surface area contributed by atoms with Crippen molar-refractivity contribution in [1.29, 1.82) is 0 Å². The van der Waals surface area contributed by atoms with Gasteiger partial charge in [0.2, 0.25) is 0 Å². The van der Waals surface area contributed by atoms with E-state index in [9.17, 15) is 8.42 Å². The monoisotopic (exact) mass is 306 g/mol. The van der Waals surface area contributed by atoms with Gasteiger partial charge in [0.1, 0.15) is 12.9 Å². The van der Waals surface area contributed by atoms with E-state index in [4.69, 9.17) is 9.52 Å². The van der Waals surface area contributed by atoms with Crippen LogP contribution in [-0.4, -0.2) is 25.1 Å². The van der Waals surface area contributed by atoms with Crippen molar-refractivity contribution in [3.05, 3.63) is 41.3 Å². The van der Waals surface area contributed by atoms with Crippen molar-refractivity contribution in [3.8, 4) is 11.8 Å². The quantitative estimate of drug-likeness (QED) is 0.837. The van der Waals surface area contributed by atoms with Gasteiger partial charge in [-0.25, -0.2) is 13.1 Å². The fourth-order valence-electron chi connectivity index (χ4n) is 1.65. The zero-order valence-corrected chi connectivity index (χ0v) is 12.4. The Morgan fingerprint density at radius 2 is 2.14 bits per heavy atom. The molecule has 0 fully saturated rings. The number of aliphatic hydroxyl groups is 1. The number of aromatic nitrogens is 1. The van der Waals surface area contributed by atoms with Gasteiger partial charge in [0.25, 0.3) is 10.0 Å². The number of hydrogen-bond donors (Lipinski definition) is 2. The maximum absolute atomic E-state index is 12.2. The Balaban J connectivity index is 2.30. The van der Waals surface area contributed by atoms with Gasteiger partial charge < -0.3 is 9.52 Å². The lowest BCUT2D eigenvalue weighted by molar-refractivity contribution is 0.350. The summed E-state index contributed by atoms with van der Waals surface area (Å²) in [4.78, 5) is 3.98. The lowest BCUT2D eigenvalue weighted by atomic mass is 10.1. The van der Waals surface area contributed by atoms with E-state index < -0.39 is 10.0 Å². The highest BCUT2D eigenvalue weighted by Crippen LogP contribution is 2.18. The minimum atomic E-state index is -3.76. The van der Waals surface area contributed by atoms with Crippen LogP contribution in [0.2, 0.25) is 0 Å². The van der Waals surface area contributed by atoms with Gasteiger partial charge in [0, 0.05) is 5.56 Å². The van der Waals surface area contributed by atoms with Gasteiger partial charge in [-0.1, -0.05) is 11.8 Å². The summed E-state index contributed by atoms with van der Waals surface area (Å²) in [5.41, 5.74) is 1.94. The summed E-state index contributed by atoms with van der Waals surface area (Å²) in [5, 5.41) is 8.67. The largest absolute Gasteiger partial charge is 0.431 e. The molecule has 0 aliphatic carbocycles. The summed E-state index contributed by atoms with van der Waals surface area (Å²) in [6, 6.07) is 4.45. The van der Waals surface area contributed by atoms with Crippen LogP contribution in [0.5, 0.6) is 0 Å². The Morgan fingerprint density at radius 1 is 1.38 bits per heavy atom. The third kappa shape index (κ3) is 3.62. The van der Waals surface area contributed by atoms with E-state index in [1.165, 1.54) is 18.4 Å². The molecule has 21 heavy (non-hydrogen) atoms. The van der Waals surface area contributed by atoms with E-state index in [1.807, 2.05) is 0 Å². The predicted octanol–water partition coefficient (Wildman–Crippen LogP) is 1.44. The number of rotatable bonds is 3. The van der Waals surface area contributed by atoms with E-state index in [-0.39, 0.29) is 17.5 Å². The summed E-state index contributed by atoms with van der Waals surface area (Å²) in [6.45, 7) is 3.19. The van der Waals surface area contributed by atoms with Crippen molar-refractivity contribution < 1.29 is 17.9 Å². The molecule has 0 radical (unpaired) electrons. The fraction of sp³-hybridized carbons (Fsp3) is 0.214. The normalized spacial score (nSPS) is 10.8. The van der Waals surface area contributed by atoms with Crippen LogP contribution in [0.1, 0.15) is 16.8 Å². The summed E-state index contributed by atoms with van der Waals surface area (Å²) in [5.74, 6) is 5.27. The van der Waals surface area contributed by atoms with Crippen molar-refractivity contribution in [2.24, 2.45) is 0 Å². The van der Waals surface area contributed by atoms with Crippen LogP contribution in [0.15, 0.2) is 33.8 Å². The highest BCUT2D eigenvalue weighted by Gasteiger charge is 2.17. The van der Waals surface area contributed by atoms with E-state index in [1.54, 1.807) is 19.9 Å². The number of aryl methyl sites for hydroxylation is 2. The first-order chi connectivity index (χ1) is 9.92. The summed E-state index contributed by atoms with van der Waals surface area (Å²) < 4.78 is 31.6. The van der Waals surface area contributed by atoms with Gasteiger partial charge in [-0.05, 0) is 37.6 Å². The van der Waals surface area contributed by atoms with Crippen LogP contribution in [0.3, 0.4) is 0 Å². The Bertz CT molecular complexity index is 813. The van der Waals surface area contributed by atoms with Crippen LogP contribution < -0.4 is 4.72 Å². The second kappa shape index (κ2) is 5.99. The third-order valence-electron chi connectivity index (χ3n) is 2.65. The molecule has 0 spiro atoms. The highest BCUT2D eigenvalue weighted by atomic mass is 32.2. The Morgan fingerprint density at radius 3 is 2.71 bits per heavy atom. The summed E-state index contributed by atoms with van der Waals surface area (Å²) >= 11 is 0. The zero-order valence-electron chi connectivity index (χ0n) is 11.5. The van der Waals surface area contributed by atoms with E-state index >= 15 is 0 Å². The third-order valence-corrected chi connectivity index (χ3v) is 3.97. The van der Waals surface area contributed by atoms with Crippen LogP contribution >= 0.6 is 0 Å². The molecule has 1 heterocycles. The number of aliphatic hydroxyl groups excluding tert-OH is 1. The average molecular weight is 306 g/mol. The molecule has 2 rings (SSSR count). The molecule has 110 valence electrons. The van der Waals surface area contributed by atoms with Crippen LogP contribution in [0.4, 0.5) is 6.01 Å². The van der Waals surface area contributed by atoms with Gasteiger partial charge in [-0.15, -0.1) is 0 Å². The van der Waals surface area contributed by atoms with Gasteiger partial charge in [-0.2, -0.15) is 4.98 Å². The van der Waals surface area contributed by atoms with Crippen molar-refractivity contribution in [3.63, 3.8) is 0 Å². The number of sulfonamides is 1. The molecule has 0 aliphatic rings. The van der Waals surface area contributed by atoms with Gasteiger partial charge in [0.15, 0.2) is 0 Å². The molecule has 0 bridgehead atoms. The van der Waals surface area contributed by atoms with Gasteiger partial charge in [-0.3, -0.25) is 0 Å². The second-order valence-electron chi connectivity index (χ2n) is 4.34. The van der Waals surface area contributed by atoms with Gasteiger partial charge in [0.05, 0.1) is 10.6 Å². The minimum Gasteiger partial charge on any atom is -0.431 e. The fourth-order valence-corrected chi connectivity index (χ4v) is 2.67. The molecular weight excluding hydrogens is 292 g/mol. The average Bonchev–Trinajstić information content (AvgIpc) is 2.82. The summed E-state index contributed by atoms with van der Waals surface area (Å²) in [6.07, 6.45) is 1.36. The number of nitrogens with zero attached hydrogens (tertiary/aromatic N) is 1. The number of hydrogen-bond acceptors (Lipinski definition) is 5. The molecule has 0 saturated heterocycles. The molecular formula is C14H14N2O4S. The molecule has 2 aromatic rings. The smallest absolute Gasteiger partial charge is 0.309 e. The van der Waals surface area contributed by atoms with Crippen molar-refractivity contribution in [1.82, 2.24) is 4.98 Å². The van der Waals surface area contributed by atoms with Crippen molar-refractivity contribution in [2.75, 3.05) is 11.3 Å². The van der Waals surface area contributed by atoms with Crippen LogP contribution in [0.25, 0.3) is 0 Å². The molecule has 0 amide bonds. The topological polar surface area (TPSA) is 92.4 Å². The lowest BCUT2D eigenvalue weighted by Crippen LogP contribution is -2.13. The maximum atomic E-state index is 12.2. The van der Waals surface area contributed by atoms with Crippen LogP contribution in [-0.2, 0) is 10.0 Å². The molecule has 2 N–H and O–H groups in total. The molecule has 0 aliphatic heterocycles. The molecule has 1 aromatic carbocycles. The zero-order chi connectivity index (χ0) is 15.5. The predicted molar refractivity (Wildman–Crippen MR) is 77.2 cm³/mol. The second-order valence-corrected chi connectivity index (χ2v) is 6.02. The Kier molecular flexibility index (Phi) is 4.31. The lowest BCUT2D eigenvalue weighted by Gasteiger charge is -2.06. The number of nitrogens with one attached hydrogen (secondary N) is 1. The number of benzene rings is 1. The maximum Gasteiger partial charge on any atom is 0.309 e. The molecule has 1 aromatic heterocycles. The standard InChI is InChI=1S/C14H14N2O4S/c1-10-8-13(6-5-12(10)4-3-7-17)21(18,19)16-14-15-11(2)9-20-14/h5-6,8-9,17H,7H2,1-2H3,(H,15,16). The van der Waals surface area contributed by atoms with Crippen molar-refractivity contribution >= 4 is 16.0 Å². The first-order valence-electron chi connectivity index (χ1n) is 6.08. The number of anilines is 1. The molecule has 0 atom stereocenters. The van der Waals surface area contributed by atoms with Gasteiger partial charge >= 0.3 is 6.01 Å². The number of oxazole rings is 1. The SMILES string of the molecule is Cc1coc(NS(=O)(=O)c2ccc(C#CCO)c(C)c2)n1. The Hall–Kier alpha value is -2.30. The van der Waals surface area contributed by atoms with E-state index in [0.717, 1.165) is 0 Å². The van der Waals surface area contributed by atoms with Crippen molar-refractivity contribution in [2.45, 2.75) is 18.7 Å². The molecule has 6 nitrogen and oxygen atoms in total. The summed E-state index contributed by atoms with van der Waals surface area (Å²) in [7, 11) is -3.76.